The zero-order valence-corrected chi connectivity index (χ0v) is 38.9. The van der Waals surface area contributed by atoms with Gasteiger partial charge in [0.05, 0.1) is 48.9 Å². The van der Waals surface area contributed by atoms with Crippen molar-refractivity contribution in [2.75, 3.05) is 51.2 Å². The molecule has 6 rings (SSSR count). The Balaban J connectivity index is 1.13. The van der Waals surface area contributed by atoms with E-state index in [4.69, 9.17) is 27.8 Å². The number of nitrogens with zero attached hydrogens (tertiary/aromatic N) is 2. The standard InChI is InChI=1S/C43H64N4O10Si2/c1-42(2,3)58(9,10)56-32-24-46-34(38(48)44-30-18-16-26(52-7)22-28(30)40(46)50)36(32)54-20-14-13-15-21-55-37-33(57-59(11,12)43(4,5)6)25-47-35(37)39(49)45-31-19-17-27(53-8)23-29(31)41(47)51/h16-19,22-23,32-37H,13-15,20-21,24-25H2,1-12H3,(H,44,48)(H,45,49)/t32-,33?,34+,35?,36?,37?/m1/s1. The van der Waals surface area contributed by atoms with E-state index < -0.39 is 53.1 Å². The second-order valence-electron chi connectivity index (χ2n) is 19.2. The van der Waals surface area contributed by atoms with Crippen molar-refractivity contribution >= 4 is 51.6 Å². The average Bonchev–Trinajstić information content (AvgIpc) is 3.64. The Morgan fingerprint density at radius 2 is 0.983 bits per heavy atom. The third-order valence-corrected chi connectivity index (χ3v) is 22.2. The van der Waals surface area contributed by atoms with Crippen LogP contribution in [0.15, 0.2) is 36.4 Å². The molecular weight excluding hydrogens is 789 g/mol. The van der Waals surface area contributed by atoms with Crippen LogP contribution in [0.3, 0.4) is 0 Å². The summed E-state index contributed by atoms with van der Waals surface area (Å²) in [6.45, 7) is 22.7. The van der Waals surface area contributed by atoms with Gasteiger partial charge in [0.15, 0.2) is 16.6 Å². The van der Waals surface area contributed by atoms with Gasteiger partial charge in [0.1, 0.15) is 35.8 Å². The molecule has 6 atom stereocenters. The molecule has 4 aliphatic rings. The van der Waals surface area contributed by atoms with Crippen molar-refractivity contribution in [1.82, 2.24) is 9.80 Å². The lowest BCUT2D eigenvalue weighted by Crippen LogP contribution is -2.50. The quantitative estimate of drug-likeness (QED) is 0.156. The summed E-state index contributed by atoms with van der Waals surface area (Å²) in [6, 6.07) is 8.38. The van der Waals surface area contributed by atoms with Gasteiger partial charge in [0.2, 0.25) is 11.8 Å². The molecule has 4 aliphatic heterocycles. The number of methoxy groups -OCH3 is 2. The molecule has 4 amide bonds. The first kappa shape index (κ1) is 44.7. The highest BCUT2D eigenvalue weighted by molar-refractivity contribution is 6.74. The smallest absolute Gasteiger partial charge is 0.256 e. The number of amides is 4. The fraction of sp³-hybridized carbons (Fsp3) is 0.628. The number of benzene rings is 2. The SMILES string of the molecule is COc1ccc2c(c1)C(=O)N1CC(O[Si](C)(C)C(C)(C)C)C(OCCCCCOC3[C@H]4C(=O)Nc5ccc(OC)cc5C(=O)N4C[C@H]3O[Si](C)(C)C(C)(C)C)C1C(=O)N2. The van der Waals surface area contributed by atoms with Crippen LogP contribution in [-0.2, 0) is 27.9 Å². The van der Waals surface area contributed by atoms with E-state index in [1.54, 1.807) is 60.4 Å². The minimum atomic E-state index is -2.33. The summed E-state index contributed by atoms with van der Waals surface area (Å²) in [6.07, 6.45) is -0.276. The minimum Gasteiger partial charge on any atom is -0.497 e. The number of rotatable bonds is 14. The lowest BCUT2D eigenvalue weighted by Gasteiger charge is -2.39. The third kappa shape index (κ3) is 8.98. The van der Waals surface area contributed by atoms with Gasteiger partial charge < -0.3 is 48.2 Å². The maximum Gasteiger partial charge on any atom is 0.256 e. The summed E-state index contributed by atoms with van der Waals surface area (Å²) in [5, 5.41) is 5.73. The molecule has 0 aromatic heterocycles. The molecule has 14 nitrogen and oxygen atoms in total. The van der Waals surface area contributed by atoms with E-state index in [9.17, 15) is 19.2 Å². The number of nitrogens with one attached hydrogen (secondary N) is 2. The summed E-state index contributed by atoms with van der Waals surface area (Å²) in [4.78, 5) is 59.0. The van der Waals surface area contributed by atoms with E-state index in [-0.39, 0.29) is 46.8 Å². The van der Waals surface area contributed by atoms with Crippen molar-refractivity contribution in [3.05, 3.63) is 47.5 Å². The van der Waals surface area contributed by atoms with Gasteiger partial charge >= 0.3 is 0 Å². The molecule has 0 saturated carbocycles. The van der Waals surface area contributed by atoms with Crippen LogP contribution in [0.25, 0.3) is 0 Å². The first-order valence-corrected chi connectivity index (χ1v) is 26.6. The maximum absolute atomic E-state index is 14.0. The summed E-state index contributed by atoms with van der Waals surface area (Å²) in [7, 11) is -1.58. The van der Waals surface area contributed by atoms with E-state index in [0.717, 1.165) is 6.42 Å². The Hall–Kier alpha value is -3.81. The highest BCUT2D eigenvalue weighted by Crippen LogP contribution is 2.43. The molecule has 4 unspecified atom stereocenters. The molecule has 4 heterocycles. The molecule has 2 fully saturated rings. The van der Waals surface area contributed by atoms with E-state index in [1.165, 1.54) is 0 Å². The molecule has 2 aromatic rings. The van der Waals surface area contributed by atoms with Crippen LogP contribution in [0.4, 0.5) is 11.4 Å². The monoisotopic (exact) mass is 852 g/mol. The number of anilines is 2. The van der Waals surface area contributed by atoms with Crippen LogP contribution in [0.1, 0.15) is 81.5 Å². The van der Waals surface area contributed by atoms with Crippen LogP contribution in [-0.4, -0.2) is 127 Å². The fourth-order valence-electron chi connectivity index (χ4n) is 7.72. The Kier molecular flexibility index (Phi) is 12.8. The van der Waals surface area contributed by atoms with Gasteiger partial charge in [-0.1, -0.05) is 41.5 Å². The van der Waals surface area contributed by atoms with Crippen LogP contribution in [0.5, 0.6) is 11.5 Å². The Morgan fingerprint density at radius 3 is 1.32 bits per heavy atom. The molecule has 0 bridgehead atoms. The second-order valence-corrected chi connectivity index (χ2v) is 28.7. The number of hydrogen-bond donors (Lipinski definition) is 2. The molecule has 0 aliphatic carbocycles. The molecule has 2 N–H and O–H groups in total. The number of hydrogen-bond acceptors (Lipinski definition) is 10. The van der Waals surface area contributed by atoms with Crippen molar-refractivity contribution < 1.29 is 47.0 Å². The Morgan fingerprint density at radius 1 is 0.610 bits per heavy atom. The number of unbranched alkanes of at least 4 members (excludes halogenated alkanes) is 2. The van der Waals surface area contributed by atoms with Crippen molar-refractivity contribution in [2.45, 2.75) is 134 Å². The number of fused-ring (bicyclic) bond motifs is 4. The molecule has 324 valence electrons. The van der Waals surface area contributed by atoms with Crippen LogP contribution in [0.2, 0.25) is 36.3 Å². The predicted molar refractivity (Wildman–Crippen MR) is 230 cm³/mol. The van der Waals surface area contributed by atoms with Crippen molar-refractivity contribution in [1.29, 1.82) is 0 Å². The van der Waals surface area contributed by atoms with Gasteiger partial charge in [-0.05, 0) is 91.9 Å². The maximum atomic E-state index is 14.0. The summed E-state index contributed by atoms with van der Waals surface area (Å²) < 4.78 is 37.7. The zero-order valence-electron chi connectivity index (χ0n) is 36.9. The van der Waals surface area contributed by atoms with Gasteiger partial charge in [-0.25, -0.2) is 0 Å². The Bertz CT molecular complexity index is 1790. The number of carbonyl (C=O) groups excluding carboxylic acids is 4. The van der Waals surface area contributed by atoms with Gasteiger partial charge in [-0.3, -0.25) is 19.2 Å². The first-order valence-electron chi connectivity index (χ1n) is 20.8. The van der Waals surface area contributed by atoms with E-state index in [2.05, 4.69) is 78.4 Å². The molecule has 59 heavy (non-hydrogen) atoms. The van der Waals surface area contributed by atoms with Gasteiger partial charge in [0.25, 0.3) is 11.8 Å². The van der Waals surface area contributed by atoms with Gasteiger partial charge in [-0.15, -0.1) is 0 Å². The van der Waals surface area contributed by atoms with Crippen molar-refractivity contribution in [2.24, 2.45) is 0 Å². The van der Waals surface area contributed by atoms with Crippen LogP contribution in [0, 0.1) is 0 Å². The Labute approximate surface area is 351 Å². The lowest BCUT2D eigenvalue weighted by atomic mass is 10.1. The van der Waals surface area contributed by atoms with Crippen molar-refractivity contribution in [3.63, 3.8) is 0 Å². The molecule has 16 heteroatoms. The lowest BCUT2D eigenvalue weighted by molar-refractivity contribution is -0.125. The highest BCUT2D eigenvalue weighted by Gasteiger charge is 2.55. The van der Waals surface area contributed by atoms with E-state index in [0.29, 0.717) is 60.1 Å². The molecule has 2 aromatic carbocycles. The highest BCUT2D eigenvalue weighted by atomic mass is 28.4. The van der Waals surface area contributed by atoms with Crippen LogP contribution >= 0.6 is 0 Å². The molecular formula is C43H64N4O10Si2. The summed E-state index contributed by atoms with van der Waals surface area (Å²) in [5.74, 6) is -0.130. The topological polar surface area (TPSA) is 154 Å². The minimum absolute atomic E-state index is 0.100. The van der Waals surface area contributed by atoms with Gasteiger partial charge in [-0.2, -0.15) is 0 Å². The van der Waals surface area contributed by atoms with E-state index in [1.807, 2.05) is 0 Å². The normalized spacial score (nSPS) is 24.7. The van der Waals surface area contributed by atoms with Crippen LogP contribution < -0.4 is 20.1 Å². The third-order valence-electron chi connectivity index (χ3n) is 13.2. The predicted octanol–water partition coefficient (Wildman–Crippen LogP) is 6.68. The fourth-order valence-corrected chi connectivity index (χ4v) is 10.4. The molecule has 2 saturated heterocycles. The average molecular weight is 853 g/mol. The summed E-state index contributed by atoms with van der Waals surface area (Å²) in [5.41, 5.74) is 1.61. The zero-order chi connectivity index (χ0) is 43.2. The molecule has 0 spiro atoms. The number of carbonyl (C=O) groups is 4. The second kappa shape index (κ2) is 16.9. The largest absolute Gasteiger partial charge is 0.497 e. The number of ether oxygens (including phenoxy) is 4. The van der Waals surface area contributed by atoms with E-state index >= 15 is 0 Å². The van der Waals surface area contributed by atoms with Crippen molar-refractivity contribution in [3.8, 4) is 11.5 Å². The summed E-state index contributed by atoms with van der Waals surface area (Å²) >= 11 is 0. The molecule has 0 radical (unpaired) electrons. The van der Waals surface area contributed by atoms with Gasteiger partial charge in [0, 0.05) is 26.3 Å². The first-order chi connectivity index (χ1) is 27.6.